The van der Waals surface area contributed by atoms with Crippen LogP contribution >= 0.6 is 11.3 Å². The van der Waals surface area contributed by atoms with E-state index in [1.54, 1.807) is 10.4 Å². The van der Waals surface area contributed by atoms with Gasteiger partial charge in [-0.2, -0.15) is 0 Å². The van der Waals surface area contributed by atoms with Gasteiger partial charge >= 0.3 is 0 Å². The lowest BCUT2D eigenvalue weighted by atomic mass is 9.77. The van der Waals surface area contributed by atoms with Crippen molar-refractivity contribution in [3.05, 3.63) is 21.9 Å². The molecule has 90 valence electrons. The molecule has 0 bridgehead atoms. The van der Waals surface area contributed by atoms with Crippen molar-refractivity contribution in [1.82, 2.24) is 5.32 Å². The van der Waals surface area contributed by atoms with Crippen molar-refractivity contribution in [3.63, 3.8) is 0 Å². The predicted molar refractivity (Wildman–Crippen MR) is 72.3 cm³/mol. The molecule has 0 aromatic carbocycles. The quantitative estimate of drug-likeness (QED) is 0.840. The minimum Gasteiger partial charge on any atom is -0.316 e. The summed E-state index contributed by atoms with van der Waals surface area (Å²) in [6, 6.07) is 3.01. The van der Waals surface area contributed by atoms with E-state index in [-0.39, 0.29) is 0 Å². The first kappa shape index (κ1) is 12.1. The third-order valence-corrected chi connectivity index (χ3v) is 5.12. The second-order valence-electron chi connectivity index (χ2n) is 5.00. The second kappa shape index (κ2) is 5.33. The first-order chi connectivity index (χ1) is 7.77. The van der Waals surface area contributed by atoms with Crippen molar-refractivity contribution < 1.29 is 0 Å². The van der Waals surface area contributed by atoms with Gasteiger partial charge < -0.3 is 5.32 Å². The van der Waals surface area contributed by atoms with Gasteiger partial charge in [0.25, 0.3) is 0 Å². The highest BCUT2D eigenvalue weighted by atomic mass is 32.1. The Balaban J connectivity index is 2.22. The summed E-state index contributed by atoms with van der Waals surface area (Å²) in [5.74, 6) is 1.51. The molecule has 0 saturated carbocycles. The number of fused-ring (bicyclic) bond motifs is 1. The van der Waals surface area contributed by atoms with E-state index in [1.807, 2.05) is 11.3 Å². The summed E-state index contributed by atoms with van der Waals surface area (Å²) >= 11 is 1.95. The molecule has 3 atom stereocenters. The highest BCUT2D eigenvalue weighted by Gasteiger charge is 2.30. The summed E-state index contributed by atoms with van der Waals surface area (Å²) in [6.07, 6.45) is 5.30. The summed E-state index contributed by atoms with van der Waals surface area (Å²) < 4.78 is 0. The minimum atomic E-state index is 0.652. The maximum Gasteiger partial charge on any atom is 0.0159 e. The lowest BCUT2D eigenvalue weighted by molar-refractivity contribution is 0.312. The molecule has 1 aliphatic rings. The van der Waals surface area contributed by atoms with Gasteiger partial charge in [-0.05, 0) is 49.2 Å². The molecule has 2 rings (SSSR count). The summed E-state index contributed by atoms with van der Waals surface area (Å²) in [6.45, 7) is 4.67. The third-order valence-electron chi connectivity index (χ3n) is 4.12. The van der Waals surface area contributed by atoms with E-state index in [0.717, 1.165) is 11.8 Å². The van der Waals surface area contributed by atoms with E-state index >= 15 is 0 Å². The van der Waals surface area contributed by atoms with Crippen molar-refractivity contribution in [2.45, 2.75) is 51.5 Å². The van der Waals surface area contributed by atoms with Gasteiger partial charge in [0.05, 0.1) is 0 Å². The van der Waals surface area contributed by atoms with Crippen LogP contribution in [0.15, 0.2) is 11.4 Å². The van der Waals surface area contributed by atoms with Crippen LogP contribution in [0.4, 0.5) is 0 Å². The molecule has 0 saturated heterocycles. The topological polar surface area (TPSA) is 12.0 Å². The molecule has 16 heavy (non-hydrogen) atoms. The Kier molecular flexibility index (Phi) is 4.04. The zero-order valence-corrected chi connectivity index (χ0v) is 11.4. The fourth-order valence-corrected chi connectivity index (χ4v) is 4.03. The van der Waals surface area contributed by atoms with Crippen LogP contribution in [0, 0.1) is 5.92 Å². The SMILES string of the molecule is CCC(C)C(NC)C1CCCc2sccc21. The van der Waals surface area contributed by atoms with Crippen molar-refractivity contribution in [1.29, 1.82) is 0 Å². The fraction of sp³-hybridized carbons (Fsp3) is 0.714. The molecule has 0 spiro atoms. The van der Waals surface area contributed by atoms with Crippen LogP contribution in [0.5, 0.6) is 0 Å². The van der Waals surface area contributed by atoms with Crippen LogP contribution in [0.1, 0.15) is 49.5 Å². The lowest BCUT2D eigenvalue weighted by Gasteiger charge is -2.34. The van der Waals surface area contributed by atoms with E-state index in [9.17, 15) is 0 Å². The predicted octanol–water partition coefficient (Wildman–Crippen LogP) is 3.80. The number of hydrogen-bond donors (Lipinski definition) is 1. The van der Waals surface area contributed by atoms with Crippen LogP contribution in [0.2, 0.25) is 0 Å². The summed E-state index contributed by atoms with van der Waals surface area (Å²) in [5, 5.41) is 5.83. The Morgan fingerprint density at radius 2 is 2.38 bits per heavy atom. The van der Waals surface area contributed by atoms with Gasteiger partial charge in [0, 0.05) is 16.8 Å². The zero-order valence-electron chi connectivity index (χ0n) is 10.6. The molecule has 0 aliphatic heterocycles. The van der Waals surface area contributed by atoms with Gasteiger partial charge in [0.2, 0.25) is 0 Å². The highest BCUT2D eigenvalue weighted by Crippen LogP contribution is 2.39. The smallest absolute Gasteiger partial charge is 0.0159 e. The summed E-state index contributed by atoms with van der Waals surface area (Å²) in [5.41, 5.74) is 1.64. The molecular formula is C14H23NS. The fourth-order valence-electron chi connectivity index (χ4n) is 3.03. The molecule has 1 aromatic heterocycles. The Morgan fingerprint density at radius 3 is 3.06 bits per heavy atom. The van der Waals surface area contributed by atoms with E-state index < -0.39 is 0 Å². The van der Waals surface area contributed by atoms with Crippen LogP contribution in [0.3, 0.4) is 0 Å². The number of rotatable bonds is 4. The second-order valence-corrected chi connectivity index (χ2v) is 6.00. The molecule has 1 aromatic rings. The Hall–Kier alpha value is -0.340. The largest absolute Gasteiger partial charge is 0.316 e. The van der Waals surface area contributed by atoms with E-state index in [4.69, 9.17) is 0 Å². The number of hydrogen-bond acceptors (Lipinski definition) is 2. The molecule has 0 radical (unpaired) electrons. The maximum absolute atomic E-state index is 3.56. The molecule has 1 N–H and O–H groups in total. The van der Waals surface area contributed by atoms with Crippen LogP contribution in [0.25, 0.3) is 0 Å². The van der Waals surface area contributed by atoms with E-state index in [1.165, 1.54) is 25.7 Å². The standard InChI is InChI=1S/C14H23NS/c1-4-10(2)14(15-3)12-6-5-7-13-11(12)8-9-16-13/h8-10,12,14-15H,4-7H2,1-3H3. The van der Waals surface area contributed by atoms with Gasteiger partial charge in [-0.1, -0.05) is 20.3 Å². The van der Waals surface area contributed by atoms with Crippen molar-refractivity contribution >= 4 is 11.3 Å². The van der Waals surface area contributed by atoms with Crippen molar-refractivity contribution in [3.8, 4) is 0 Å². The summed E-state index contributed by atoms with van der Waals surface area (Å²) in [4.78, 5) is 1.64. The third kappa shape index (κ3) is 2.18. The molecular weight excluding hydrogens is 214 g/mol. The molecule has 3 unspecified atom stereocenters. The van der Waals surface area contributed by atoms with Crippen LogP contribution in [-0.4, -0.2) is 13.1 Å². The lowest BCUT2D eigenvalue weighted by Crippen LogP contribution is -2.38. The zero-order chi connectivity index (χ0) is 11.5. The van der Waals surface area contributed by atoms with Gasteiger partial charge in [0.1, 0.15) is 0 Å². The van der Waals surface area contributed by atoms with Crippen molar-refractivity contribution in [2.24, 2.45) is 5.92 Å². The van der Waals surface area contributed by atoms with E-state index in [0.29, 0.717) is 6.04 Å². The first-order valence-electron chi connectivity index (χ1n) is 6.51. The number of likely N-dealkylation sites (N-methyl/N-ethyl adjacent to an activating group) is 1. The maximum atomic E-state index is 3.56. The molecule has 1 aliphatic carbocycles. The number of aryl methyl sites for hydroxylation is 1. The van der Waals surface area contributed by atoms with E-state index in [2.05, 4.69) is 37.7 Å². The molecule has 0 amide bonds. The number of thiophene rings is 1. The first-order valence-corrected chi connectivity index (χ1v) is 7.39. The Morgan fingerprint density at radius 1 is 1.56 bits per heavy atom. The normalized spacial score (nSPS) is 23.8. The number of nitrogens with one attached hydrogen (secondary N) is 1. The Labute approximate surface area is 103 Å². The molecule has 0 fully saturated rings. The summed E-state index contributed by atoms with van der Waals surface area (Å²) in [7, 11) is 2.12. The highest BCUT2D eigenvalue weighted by molar-refractivity contribution is 7.10. The minimum absolute atomic E-state index is 0.652. The average Bonchev–Trinajstić information content (AvgIpc) is 2.78. The van der Waals surface area contributed by atoms with Crippen LogP contribution in [-0.2, 0) is 6.42 Å². The molecule has 1 nitrogen and oxygen atoms in total. The van der Waals surface area contributed by atoms with Gasteiger partial charge in [-0.15, -0.1) is 11.3 Å². The van der Waals surface area contributed by atoms with Crippen LogP contribution < -0.4 is 5.32 Å². The Bertz CT molecular complexity index is 331. The monoisotopic (exact) mass is 237 g/mol. The average molecular weight is 237 g/mol. The van der Waals surface area contributed by atoms with Gasteiger partial charge in [0.15, 0.2) is 0 Å². The van der Waals surface area contributed by atoms with Crippen molar-refractivity contribution in [2.75, 3.05) is 7.05 Å². The van der Waals surface area contributed by atoms with Gasteiger partial charge in [-0.3, -0.25) is 0 Å². The molecule has 1 heterocycles. The molecule has 2 heteroatoms. The van der Waals surface area contributed by atoms with Gasteiger partial charge in [-0.25, -0.2) is 0 Å².